The van der Waals surface area contributed by atoms with Crippen LogP contribution >= 0.6 is 0 Å². The molecular formula is C18H30N4O2. The zero-order chi connectivity index (χ0) is 17.6. The highest BCUT2D eigenvalue weighted by atomic mass is 16.5. The molecule has 1 amide bonds. The van der Waals surface area contributed by atoms with Gasteiger partial charge in [0.25, 0.3) is 0 Å². The van der Waals surface area contributed by atoms with Crippen LogP contribution in [0.15, 0.2) is 29.3 Å². The number of hydrogen-bond acceptors (Lipinski definition) is 3. The second-order valence-corrected chi connectivity index (χ2v) is 5.40. The van der Waals surface area contributed by atoms with Gasteiger partial charge < -0.3 is 20.7 Å². The molecule has 0 fully saturated rings. The molecule has 0 aromatic heterocycles. The molecule has 0 saturated heterocycles. The van der Waals surface area contributed by atoms with Crippen molar-refractivity contribution in [3.8, 4) is 0 Å². The molecule has 3 N–H and O–H groups in total. The van der Waals surface area contributed by atoms with Crippen molar-refractivity contribution in [3.05, 3.63) is 29.8 Å². The van der Waals surface area contributed by atoms with Crippen LogP contribution in [0.3, 0.4) is 0 Å². The number of amides is 1. The van der Waals surface area contributed by atoms with Crippen LogP contribution in [-0.4, -0.2) is 38.7 Å². The van der Waals surface area contributed by atoms with Crippen LogP contribution in [0.4, 0.5) is 5.69 Å². The molecule has 0 radical (unpaired) electrons. The van der Waals surface area contributed by atoms with E-state index in [9.17, 15) is 4.79 Å². The first-order chi connectivity index (χ1) is 11.7. The zero-order valence-electron chi connectivity index (χ0n) is 15.0. The molecule has 134 valence electrons. The maximum Gasteiger partial charge on any atom is 0.224 e. The minimum absolute atomic E-state index is 0.0556. The summed E-state index contributed by atoms with van der Waals surface area (Å²) in [5, 5.41) is 9.40. The Kier molecular flexibility index (Phi) is 10.3. The van der Waals surface area contributed by atoms with Crippen molar-refractivity contribution in [3.63, 3.8) is 0 Å². The van der Waals surface area contributed by atoms with Gasteiger partial charge in [0.15, 0.2) is 5.96 Å². The molecule has 24 heavy (non-hydrogen) atoms. The number of ether oxygens (including phenoxy) is 1. The van der Waals surface area contributed by atoms with E-state index < -0.39 is 0 Å². The Labute approximate surface area is 145 Å². The normalized spacial score (nSPS) is 11.2. The molecule has 6 heteroatoms. The zero-order valence-corrected chi connectivity index (χ0v) is 15.0. The highest BCUT2D eigenvalue weighted by Crippen LogP contribution is 2.10. The molecule has 1 rings (SSSR count). The first kappa shape index (κ1) is 20.0. The van der Waals surface area contributed by atoms with Crippen LogP contribution in [-0.2, 0) is 16.1 Å². The number of anilines is 1. The summed E-state index contributed by atoms with van der Waals surface area (Å²) in [5.41, 5.74) is 1.95. The van der Waals surface area contributed by atoms with Gasteiger partial charge in [-0.2, -0.15) is 0 Å². The average Bonchev–Trinajstić information content (AvgIpc) is 2.59. The lowest BCUT2D eigenvalue weighted by molar-refractivity contribution is -0.116. The predicted octanol–water partition coefficient (Wildman–Crippen LogP) is 2.52. The van der Waals surface area contributed by atoms with E-state index in [0.29, 0.717) is 13.0 Å². The first-order valence-corrected chi connectivity index (χ1v) is 8.60. The Morgan fingerprint density at radius 2 is 1.92 bits per heavy atom. The van der Waals surface area contributed by atoms with Gasteiger partial charge in [-0.05, 0) is 37.5 Å². The van der Waals surface area contributed by atoms with Crippen molar-refractivity contribution in [2.75, 3.05) is 32.1 Å². The van der Waals surface area contributed by atoms with Crippen LogP contribution in [0.25, 0.3) is 0 Å². The van der Waals surface area contributed by atoms with Crippen molar-refractivity contribution in [2.45, 2.75) is 39.7 Å². The van der Waals surface area contributed by atoms with Crippen molar-refractivity contribution in [1.82, 2.24) is 10.6 Å². The summed E-state index contributed by atoms with van der Waals surface area (Å²) in [6.07, 6.45) is 2.35. The molecule has 1 aromatic carbocycles. The van der Waals surface area contributed by atoms with Gasteiger partial charge >= 0.3 is 0 Å². The summed E-state index contributed by atoms with van der Waals surface area (Å²) in [5.74, 6) is 0.826. The molecule has 0 atom stereocenters. The number of hydrogen-bond donors (Lipinski definition) is 3. The molecular weight excluding hydrogens is 304 g/mol. The van der Waals surface area contributed by atoms with E-state index in [1.54, 1.807) is 7.05 Å². The van der Waals surface area contributed by atoms with Crippen molar-refractivity contribution in [2.24, 2.45) is 4.99 Å². The lowest BCUT2D eigenvalue weighted by Gasteiger charge is -2.12. The first-order valence-electron chi connectivity index (χ1n) is 8.60. The molecule has 0 aliphatic rings. The summed E-state index contributed by atoms with van der Waals surface area (Å²) < 4.78 is 5.30. The van der Waals surface area contributed by atoms with Crippen molar-refractivity contribution in [1.29, 1.82) is 0 Å². The highest BCUT2D eigenvalue weighted by molar-refractivity contribution is 5.90. The van der Waals surface area contributed by atoms with E-state index >= 15 is 0 Å². The van der Waals surface area contributed by atoms with Gasteiger partial charge in [0.1, 0.15) is 0 Å². The summed E-state index contributed by atoms with van der Waals surface area (Å²) in [6.45, 7) is 6.99. The topological polar surface area (TPSA) is 74.8 Å². The molecule has 6 nitrogen and oxygen atoms in total. The fraction of sp³-hybridized carbons (Fsp3) is 0.556. The van der Waals surface area contributed by atoms with Crippen LogP contribution in [0.5, 0.6) is 0 Å². The molecule has 1 aromatic rings. The lowest BCUT2D eigenvalue weighted by atomic mass is 10.2. The third kappa shape index (κ3) is 8.53. The van der Waals surface area contributed by atoms with Gasteiger partial charge in [0.2, 0.25) is 5.91 Å². The maximum atomic E-state index is 11.6. The van der Waals surface area contributed by atoms with Gasteiger partial charge in [-0.15, -0.1) is 0 Å². The van der Waals surface area contributed by atoms with Gasteiger partial charge in [-0.25, -0.2) is 0 Å². The molecule has 0 unspecified atom stereocenters. The quantitative estimate of drug-likeness (QED) is 0.349. The van der Waals surface area contributed by atoms with Crippen molar-refractivity contribution >= 4 is 17.6 Å². The number of rotatable bonds is 10. The second-order valence-electron chi connectivity index (χ2n) is 5.40. The average molecular weight is 334 g/mol. The van der Waals surface area contributed by atoms with Crippen molar-refractivity contribution < 1.29 is 9.53 Å². The fourth-order valence-electron chi connectivity index (χ4n) is 2.09. The number of nitrogens with one attached hydrogen (secondary N) is 3. The van der Waals surface area contributed by atoms with E-state index in [0.717, 1.165) is 49.8 Å². The third-order valence-corrected chi connectivity index (χ3v) is 3.36. The van der Waals surface area contributed by atoms with Crippen LogP contribution in [0, 0.1) is 0 Å². The fourth-order valence-corrected chi connectivity index (χ4v) is 2.09. The van der Waals surface area contributed by atoms with E-state index in [1.165, 1.54) is 0 Å². The van der Waals surface area contributed by atoms with Crippen LogP contribution < -0.4 is 16.0 Å². The summed E-state index contributed by atoms with van der Waals surface area (Å²) in [7, 11) is 1.75. The largest absolute Gasteiger partial charge is 0.382 e. The predicted molar refractivity (Wildman–Crippen MR) is 99.3 cm³/mol. The van der Waals surface area contributed by atoms with Gasteiger partial charge in [-0.1, -0.05) is 19.1 Å². The maximum absolute atomic E-state index is 11.6. The van der Waals surface area contributed by atoms with Crippen LogP contribution in [0.1, 0.15) is 38.7 Å². The second kappa shape index (κ2) is 12.4. The van der Waals surface area contributed by atoms with E-state index in [-0.39, 0.29) is 5.91 Å². The van der Waals surface area contributed by atoms with E-state index in [4.69, 9.17) is 4.74 Å². The minimum Gasteiger partial charge on any atom is -0.382 e. The smallest absolute Gasteiger partial charge is 0.224 e. The Bertz CT molecular complexity index is 500. The van der Waals surface area contributed by atoms with Crippen LogP contribution in [0.2, 0.25) is 0 Å². The highest BCUT2D eigenvalue weighted by Gasteiger charge is 2.02. The Balaban J connectivity index is 2.33. The Morgan fingerprint density at radius 1 is 1.17 bits per heavy atom. The number of guanidine groups is 1. The summed E-state index contributed by atoms with van der Waals surface area (Å²) in [6, 6.07) is 7.83. The molecule has 0 spiro atoms. The van der Waals surface area contributed by atoms with E-state index in [1.807, 2.05) is 38.1 Å². The Morgan fingerprint density at radius 3 is 2.54 bits per heavy atom. The number of nitrogens with zero attached hydrogens (tertiary/aromatic N) is 1. The van der Waals surface area contributed by atoms with Gasteiger partial charge in [-0.3, -0.25) is 9.79 Å². The summed E-state index contributed by atoms with van der Waals surface area (Å²) in [4.78, 5) is 15.8. The molecule has 0 aliphatic heterocycles. The monoisotopic (exact) mass is 334 g/mol. The lowest BCUT2D eigenvalue weighted by Crippen LogP contribution is -2.37. The van der Waals surface area contributed by atoms with Gasteiger partial charge in [0.05, 0.1) is 0 Å². The Hall–Kier alpha value is -2.08. The molecule has 0 bridgehead atoms. The standard InChI is InChI=1S/C18H30N4O2/c1-4-7-17(23)22-16-10-8-15(9-11-16)14-21-18(19-3)20-12-6-13-24-5-2/h8-11H,4-7,12-14H2,1-3H3,(H,22,23)(H2,19,20,21). The molecule has 0 aliphatic carbocycles. The number of carbonyl (C=O) groups excluding carboxylic acids is 1. The summed E-state index contributed by atoms with van der Waals surface area (Å²) >= 11 is 0. The van der Waals surface area contributed by atoms with E-state index in [2.05, 4.69) is 20.9 Å². The number of benzene rings is 1. The SMILES string of the molecule is CCCC(=O)Nc1ccc(CNC(=NC)NCCCOCC)cc1. The molecule has 0 heterocycles. The third-order valence-electron chi connectivity index (χ3n) is 3.36. The number of carbonyl (C=O) groups is 1. The van der Waals surface area contributed by atoms with Gasteiger partial charge in [0, 0.05) is 45.5 Å². The number of aliphatic imine (C=N–C) groups is 1. The molecule has 0 saturated carbocycles. The minimum atomic E-state index is 0.0556.